The number of alkyl halides is 2. The largest absolute Gasteiger partial charge is 0.488 e. The number of aromatic amines is 1. The Labute approximate surface area is 213 Å². The molecule has 5 rings (SSSR count). The first kappa shape index (κ1) is 25.8. The zero-order chi connectivity index (χ0) is 26.5. The number of nitrogens with one attached hydrogen (secondary N) is 1. The van der Waals surface area contributed by atoms with E-state index in [9.17, 15) is 13.2 Å². The smallest absolute Gasteiger partial charge is 0.153 e. The summed E-state index contributed by atoms with van der Waals surface area (Å²) < 4.78 is 78.4. The average Bonchev–Trinajstić information content (AvgIpc) is 3.12. The van der Waals surface area contributed by atoms with Gasteiger partial charge in [0.25, 0.3) is 0 Å². The summed E-state index contributed by atoms with van der Waals surface area (Å²) in [6.45, 7) is 6.21. The predicted molar refractivity (Wildman–Crippen MR) is 135 cm³/mol. The van der Waals surface area contributed by atoms with Crippen LogP contribution in [0.5, 0.6) is 5.75 Å². The van der Waals surface area contributed by atoms with Crippen LogP contribution in [0, 0.1) is 23.4 Å². The van der Waals surface area contributed by atoms with Crippen molar-refractivity contribution in [2.24, 2.45) is 5.92 Å². The topological polar surface area (TPSA) is 31.5 Å². The normalized spacial score (nSPS) is 20.8. The molecular weight excluding hydrogens is 489 g/mol. The quantitative estimate of drug-likeness (QED) is 0.329. The van der Waals surface area contributed by atoms with Gasteiger partial charge in [0.1, 0.15) is 34.8 Å². The molecule has 4 nitrogen and oxygen atoms in total. The SMILES string of the molecule is C[C@@H]1Cc2c([nH]c3cc(F)ccc23)N(c2c(F)cc(OC3CN(CCCF)C3)cc2F)C1CC(C)(C)F. The van der Waals surface area contributed by atoms with E-state index in [0.717, 1.165) is 23.1 Å². The third kappa shape index (κ3) is 5.15. The first-order valence-electron chi connectivity index (χ1n) is 12.8. The summed E-state index contributed by atoms with van der Waals surface area (Å²) in [7, 11) is 0. The van der Waals surface area contributed by atoms with E-state index in [1.807, 2.05) is 11.8 Å². The van der Waals surface area contributed by atoms with E-state index in [1.54, 1.807) is 6.07 Å². The maximum Gasteiger partial charge on any atom is 0.153 e. The van der Waals surface area contributed by atoms with Crippen molar-refractivity contribution in [3.05, 3.63) is 53.3 Å². The lowest BCUT2D eigenvalue weighted by atomic mass is 9.82. The number of rotatable bonds is 8. The molecule has 0 aliphatic carbocycles. The molecular formula is C28H32F5N3O. The summed E-state index contributed by atoms with van der Waals surface area (Å²) in [5.41, 5.74) is -0.538. The molecule has 0 spiro atoms. The van der Waals surface area contributed by atoms with Crippen molar-refractivity contribution in [3.8, 4) is 5.75 Å². The minimum atomic E-state index is -1.58. The molecule has 1 unspecified atom stereocenters. The molecule has 2 aliphatic rings. The number of nitrogens with zero attached hydrogens (tertiary/aromatic N) is 2. The third-order valence-corrected chi connectivity index (χ3v) is 7.36. The molecule has 200 valence electrons. The Bertz CT molecular complexity index is 1260. The Balaban J connectivity index is 1.51. The van der Waals surface area contributed by atoms with Gasteiger partial charge in [-0.2, -0.15) is 0 Å². The highest BCUT2D eigenvalue weighted by Crippen LogP contribution is 2.46. The Morgan fingerprint density at radius 2 is 1.78 bits per heavy atom. The van der Waals surface area contributed by atoms with E-state index in [0.29, 0.717) is 43.8 Å². The van der Waals surface area contributed by atoms with Crippen molar-refractivity contribution in [3.63, 3.8) is 0 Å². The maximum atomic E-state index is 15.7. The number of benzene rings is 2. The zero-order valence-electron chi connectivity index (χ0n) is 21.3. The van der Waals surface area contributed by atoms with Gasteiger partial charge in [-0.15, -0.1) is 0 Å². The standard InChI is InChI=1S/C28H32F5N3O/c1-16-9-21-20-6-5-17(30)10-24(20)34-27(21)36(25(16)13-28(2,3)33)26-22(31)11-18(12-23(26)32)37-19-14-35(15-19)8-4-7-29/h5-6,10-12,16,19,25,34H,4,7-9,13-15H2,1-3H3/t16-,25?/m1/s1. The number of hydrogen-bond acceptors (Lipinski definition) is 3. The summed E-state index contributed by atoms with van der Waals surface area (Å²) in [4.78, 5) is 6.68. The van der Waals surface area contributed by atoms with Gasteiger partial charge in [0.15, 0.2) is 11.6 Å². The number of anilines is 2. The summed E-state index contributed by atoms with van der Waals surface area (Å²) in [5.74, 6) is -1.69. The second-order valence-corrected chi connectivity index (χ2v) is 11.0. The van der Waals surface area contributed by atoms with Crippen LogP contribution in [0.15, 0.2) is 30.3 Å². The van der Waals surface area contributed by atoms with E-state index >= 15 is 8.78 Å². The van der Waals surface area contributed by atoms with E-state index in [1.165, 1.54) is 30.9 Å². The molecule has 37 heavy (non-hydrogen) atoms. The number of fused-ring (bicyclic) bond motifs is 3. The highest BCUT2D eigenvalue weighted by molar-refractivity contribution is 5.91. The Hall–Kier alpha value is -2.81. The fourth-order valence-corrected chi connectivity index (χ4v) is 5.67. The summed E-state index contributed by atoms with van der Waals surface area (Å²) in [6, 6.07) is 6.13. The van der Waals surface area contributed by atoms with Gasteiger partial charge in [0.05, 0.1) is 12.2 Å². The highest BCUT2D eigenvalue weighted by atomic mass is 19.2. The Kier molecular flexibility index (Phi) is 6.85. The van der Waals surface area contributed by atoms with Gasteiger partial charge in [-0.05, 0) is 50.8 Å². The molecule has 2 aliphatic heterocycles. The highest BCUT2D eigenvalue weighted by Gasteiger charge is 2.41. The Morgan fingerprint density at radius 3 is 2.43 bits per heavy atom. The van der Waals surface area contributed by atoms with Crippen LogP contribution in [-0.4, -0.2) is 54.0 Å². The van der Waals surface area contributed by atoms with Gasteiger partial charge in [-0.3, -0.25) is 9.29 Å². The number of ether oxygens (including phenoxy) is 1. The van der Waals surface area contributed by atoms with Gasteiger partial charge >= 0.3 is 0 Å². The molecule has 9 heteroatoms. The second kappa shape index (κ2) is 9.82. The zero-order valence-corrected chi connectivity index (χ0v) is 21.3. The predicted octanol–water partition coefficient (Wildman–Crippen LogP) is 6.84. The van der Waals surface area contributed by atoms with Crippen molar-refractivity contribution in [1.82, 2.24) is 9.88 Å². The molecule has 0 amide bonds. The summed E-state index contributed by atoms with van der Waals surface area (Å²) in [5, 5.41) is 0.772. The van der Waals surface area contributed by atoms with E-state index < -0.39 is 29.2 Å². The van der Waals surface area contributed by atoms with Gasteiger partial charge in [-0.25, -0.2) is 17.6 Å². The molecule has 1 N–H and O–H groups in total. The van der Waals surface area contributed by atoms with Gasteiger partial charge in [0, 0.05) is 55.2 Å². The molecule has 0 bridgehead atoms. The van der Waals surface area contributed by atoms with Crippen LogP contribution in [0.25, 0.3) is 10.9 Å². The van der Waals surface area contributed by atoms with E-state index in [-0.39, 0.29) is 36.6 Å². The van der Waals surface area contributed by atoms with Crippen LogP contribution in [-0.2, 0) is 6.42 Å². The first-order chi connectivity index (χ1) is 17.5. The fraction of sp³-hybridized carbons (Fsp3) is 0.500. The van der Waals surface area contributed by atoms with Crippen LogP contribution < -0.4 is 9.64 Å². The van der Waals surface area contributed by atoms with E-state index in [4.69, 9.17) is 4.74 Å². The van der Waals surface area contributed by atoms with Crippen LogP contribution >= 0.6 is 0 Å². The van der Waals surface area contributed by atoms with Crippen molar-refractivity contribution in [2.75, 3.05) is 31.2 Å². The molecule has 2 aromatic carbocycles. The Morgan fingerprint density at radius 1 is 1.08 bits per heavy atom. The van der Waals surface area contributed by atoms with Gasteiger partial charge in [-0.1, -0.05) is 6.92 Å². The average molecular weight is 522 g/mol. The van der Waals surface area contributed by atoms with Crippen LogP contribution in [0.3, 0.4) is 0 Å². The minimum absolute atomic E-state index is 0.0469. The molecule has 1 saturated heterocycles. The minimum Gasteiger partial charge on any atom is -0.488 e. The van der Waals surface area contributed by atoms with Gasteiger partial charge in [0.2, 0.25) is 0 Å². The lowest BCUT2D eigenvalue weighted by molar-refractivity contribution is 0.0181. The lowest BCUT2D eigenvalue weighted by Crippen LogP contribution is -2.53. The molecule has 3 aromatic rings. The van der Waals surface area contributed by atoms with Crippen molar-refractivity contribution in [2.45, 2.75) is 57.8 Å². The number of H-pyrrole nitrogens is 1. The molecule has 1 aromatic heterocycles. The van der Waals surface area contributed by atoms with Crippen LogP contribution in [0.1, 0.15) is 39.2 Å². The maximum absolute atomic E-state index is 15.7. The molecule has 2 atom stereocenters. The molecule has 1 fully saturated rings. The number of likely N-dealkylation sites (tertiary alicyclic amines) is 1. The summed E-state index contributed by atoms with van der Waals surface area (Å²) in [6.07, 6.45) is 0.821. The molecule has 0 radical (unpaired) electrons. The van der Waals surface area contributed by atoms with Crippen molar-refractivity contribution in [1.29, 1.82) is 0 Å². The molecule has 0 saturated carbocycles. The fourth-order valence-electron chi connectivity index (χ4n) is 5.67. The van der Waals surface area contributed by atoms with Crippen LogP contribution in [0.2, 0.25) is 0 Å². The third-order valence-electron chi connectivity index (χ3n) is 7.36. The van der Waals surface area contributed by atoms with Crippen LogP contribution in [0.4, 0.5) is 33.5 Å². The lowest BCUT2D eigenvalue weighted by Gasteiger charge is -2.43. The van der Waals surface area contributed by atoms with Crippen molar-refractivity contribution >= 4 is 22.4 Å². The number of halogens is 5. The van der Waals surface area contributed by atoms with Gasteiger partial charge < -0.3 is 14.6 Å². The monoisotopic (exact) mass is 521 g/mol. The second-order valence-electron chi connectivity index (χ2n) is 11.0. The summed E-state index contributed by atoms with van der Waals surface area (Å²) >= 11 is 0. The number of hydrogen-bond donors (Lipinski definition) is 1. The first-order valence-corrected chi connectivity index (χ1v) is 12.8. The van der Waals surface area contributed by atoms with E-state index in [2.05, 4.69) is 4.98 Å². The van der Waals surface area contributed by atoms with Crippen molar-refractivity contribution < 1.29 is 26.7 Å². The number of aromatic nitrogens is 1. The molecule has 3 heterocycles.